The Morgan fingerprint density at radius 3 is 3.00 bits per heavy atom. The van der Waals surface area contributed by atoms with E-state index in [-0.39, 0.29) is 0 Å². The Morgan fingerprint density at radius 1 is 1.47 bits per heavy atom. The molecule has 19 heavy (non-hydrogen) atoms. The van der Waals surface area contributed by atoms with Crippen LogP contribution in [0.1, 0.15) is 57.7 Å². The van der Waals surface area contributed by atoms with Gasteiger partial charge in [0.05, 0.1) is 16.8 Å². The van der Waals surface area contributed by atoms with Gasteiger partial charge in [0.15, 0.2) is 0 Å². The van der Waals surface area contributed by atoms with Crippen molar-refractivity contribution >= 4 is 11.6 Å². The fraction of sp³-hybridized carbons (Fsp3) is 0.688. The van der Waals surface area contributed by atoms with Gasteiger partial charge in [0.25, 0.3) is 0 Å². The number of pyridine rings is 1. The Bertz CT molecular complexity index is 394. The average molecular weight is 281 g/mol. The molecule has 1 saturated carbocycles. The van der Waals surface area contributed by atoms with Crippen molar-refractivity contribution in [3.63, 3.8) is 0 Å². The zero-order valence-corrected chi connectivity index (χ0v) is 12.8. The van der Waals surface area contributed by atoms with E-state index in [1.165, 1.54) is 25.7 Å². The molecule has 3 heteroatoms. The third-order valence-corrected chi connectivity index (χ3v) is 4.46. The SMILES string of the molecule is CCCNC(c1ncccc1Cl)C1CCCC(C)C1. The molecule has 0 amide bonds. The van der Waals surface area contributed by atoms with Crippen molar-refractivity contribution in [1.82, 2.24) is 10.3 Å². The van der Waals surface area contributed by atoms with E-state index in [1.54, 1.807) is 0 Å². The lowest BCUT2D eigenvalue weighted by atomic mass is 9.77. The van der Waals surface area contributed by atoms with Crippen LogP contribution in [0.2, 0.25) is 5.02 Å². The van der Waals surface area contributed by atoms with Gasteiger partial charge in [0.2, 0.25) is 0 Å². The molecule has 0 saturated heterocycles. The first-order chi connectivity index (χ1) is 9.22. The molecule has 1 aromatic heterocycles. The Morgan fingerprint density at radius 2 is 2.32 bits per heavy atom. The number of aromatic nitrogens is 1. The molecule has 106 valence electrons. The predicted molar refractivity (Wildman–Crippen MR) is 81.4 cm³/mol. The maximum atomic E-state index is 6.35. The molecule has 1 aromatic rings. The van der Waals surface area contributed by atoms with Crippen LogP contribution in [0.15, 0.2) is 18.3 Å². The van der Waals surface area contributed by atoms with Gasteiger partial charge in [-0.05, 0) is 49.8 Å². The molecule has 1 fully saturated rings. The zero-order chi connectivity index (χ0) is 13.7. The lowest BCUT2D eigenvalue weighted by molar-refractivity contribution is 0.221. The highest BCUT2D eigenvalue weighted by molar-refractivity contribution is 6.31. The first kappa shape index (κ1) is 14.8. The Hall–Kier alpha value is -0.600. The largest absolute Gasteiger partial charge is 0.308 e. The summed E-state index contributed by atoms with van der Waals surface area (Å²) in [5.74, 6) is 1.50. The second kappa shape index (κ2) is 7.25. The second-order valence-electron chi connectivity index (χ2n) is 5.83. The van der Waals surface area contributed by atoms with Gasteiger partial charge >= 0.3 is 0 Å². The average Bonchev–Trinajstić information content (AvgIpc) is 2.41. The third kappa shape index (κ3) is 3.93. The van der Waals surface area contributed by atoms with Crippen molar-refractivity contribution in [2.75, 3.05) is 6.54 Å². The first-order valence-electron chi connectivity index (χ1n) is 7.56. The summed E-state index contributed by atoms with van der Waals surface area (Å²) in [5.41, 5.74) is 1.04. The van der Waals surface area contributed by atoms with E-state index in [9.17, 15) is 0 Å². The Labute approximate surface area is 122 Å². The molecule has 2 rings (SSSR count). The van der Waals surface area contributed by atoms with Crippen LogP contribution < -0.4 is 5.32 Å². The highest BCUT2D eigenvalue weighted by Gasteiger charge is 2.29. The standard InChI is InChI=1S/C16H25ClN2/c1-3-9-18-15(13-7-4-6-12(2)11-13)16-14(17)8-5-10-19-16/h5,8,10,12-13,15,18H,3-4,6-7,9,11H2,1-2H3. The summed E-state index contributed by atoms with van der Waals surface area (Å²) in [6.07, 6.45) is 8.28. The molecule has 1 aliphatic carbocycles. The molecule has 1 heterocycles. The van der Waals surface area contributed by atoms with Crippen LogP contribution in [0.25, 0.3) is 0 Å². The lowest BCUT2D eigenvalue weighted by Gasteiger charge is -2.34. The van der Waals surface area contributed by atoms with Crippen LogP contribution >= 0.6 is 11.6 Å². The minimum atomic E-state index is 0.316. The Balaban J connectivity index is 2.17. The lowest BCUT2D eigenvalue weighted by Crippen LogP contribution is -2.32. The van der Waals surface area contributed by atoms with Crippen molar-refractivity contribution in [3.8, 4) is 0 Å². The molecule has 2 nitrogen and oxygen atoms in total. The van der Waals surface area contributed by atoms with E-state index in [1.807, 2.05) is 18.3 Å². The normalized spacial score (nSPS) is 25.2. The van der Waals surface area contributed by atoms with Crippen molar-refractivity contribution in [2.24, 2.45) is 11.8 Å². The molecule has 3 unspecified atom stereocenters. The van der Waals surface area contributed by atoms with Gasteiger partial charge in [0, 0.05) is 6.20 Å². The molecular formula is C16H25ClN2. The van der Waals surface area contributed by atoms with Gasteiger partial charge in [0.1, 0.15) is 0 Å². The minimum absolute atomic E-state index is 0.316. The molecule has 1 N–H and O–H groups in total. The molecular weight excluding hydrogens is 256 g/mol. The van der Waals surface area contributed by atoms with Crippen molar-refractivity contribution in [2.45, 2.75) is 52.0 Å². The summed E-state index contributed by atoms with van der Waals surface area (Å²) in [6.45, 7) is 5.60. The molecule has 0 aromatic carbocycles. The van der Waals surface area contributed by atoms with E-state index in [0.29, 0.717) is 12.0 Å². The summed E-state index contributed by atoms with van der Waals surface area (Å²) in [7, 11) is 0. The predicted octanol–water partition coefficient (Wildman–Crippen LogP) is 4.60. The van der Waals surface area contributed by atoms with Crippen molar-refractivity contribution in [1.29, 1.82) is 0 Å². The minimum Gasteiger partial charge on any atom is -0.308 e. The summed E-state index contributed by atoms with van der Waals surface area (Å²) in [4.78, 5) is 4.54. The smallest absolute Gasteiger partial charge is 0.0761 e. The summed E-state index contributed by atoms with van der Waals surface area (Å²) in [5, 5.41) is 4.47. The van der Waals surface area contributed by atoms with E-state index < -0.39 is 0 Å². The molecule has 0 aliphatic heterocycles. The highest BCUT2D eigenvalue weighted by Crippen LogP contribution is 2.38. The van der Waals surface area contributed by atoms with E-state index in [4.69, 9.17) is 11.6 Å². The van der Waals surface area contributed by atoms with E-state index in [2.05, 4.69) is 24.1 Å². The summed E-state index contributed by atoms with van der Waals surface area (Å²) >= 11 is 6.35. The fourth-order valence-corrected chi connectivity index (χ4v) is 3.44. The van der Waals surface area contributed by atoms with Crippen LogP contribution in [0.3, 0.4) is 0 Å². The van der Waals surface area contributed by atoms with Gasteiger partial charge in [-0.3, -0.25) is 4.98 Å². The highest BCUT2D eigenvalue weighted by atomic mass is 35.5. The number of halogens is 1. The third-order valence-electron chi connectivity index (χ3n) is 4.14. The van der Waals surface area contributed by atoms with Gasteiger partial charge < -0.3 is 5.32 Å². The van der Waals surface area contributed by atoms with Gasteiger partial charge in [-0.15, -0.1) is 0 Å². The summed E-state index contributed by atoms with van der Waals surface area (Å²) in [6, 6.07) is 4.18. The van der Waals surface area contributed by atoms with Crippen LogP contribution in [-0.4, -0.2) is 11.5 Å². The zero-order valence-electron chi connectivity index (χ0n) is 12.0. The molecule has 0 radical (unpaired) electrons. The number of rotatable bonds is 5. The van der Waals surface area contributed by atoms with Crippen LogP contribution in [-0.2, 0) is 0 Å². The van der Waals surface area contributed by atoms with E-state index in [0.717, 1.165) is 29.6 Å². The number of nitrogens with one attached hydrogen (secondary N) is 1. The van der Waals surface area contributed by atoms with Crippen LogP contribution in [0.5, 0.6) is 0 Å². The molecule has 3 atom stereocenters. The Kier molecular flexibility index (Phi) is 5.65. The van der Waals surface area contributed by atoms with Crippen molar-refractivity contribution < 1.29 is 0 Å². The molecule has 0 bridgehead atoms. The van der Waals surface area contributed by atoms with Crippen molar-refractivity contribution in [3.05, 3.63) is 29.0 Å². The number of hydrogen-bond acceptors (Lipinski definition) is 2. The maximum absolute atomic E-state index is 6.35. The van der Waals surface area contributed by atoms with Gasteiger partial charge in [-0.25, -0.2) is 0 Å². The van der Waals surface area contributed by atoms with Gasteiger partial charge in [-0.1, -0.05) is 38.3 Å². The topological polar surface area (TPSA) is 24.9 Å². The second-order valence-corrected chi connectivity index (χ2v) is 6.24. The quantitative estimate of drug-likeness (QED) is 0.852. The van der Waals surface area contributed by atoms with Gasteiger partial charge in [-0.2, -0.15) is 0 Å². The molecule has 1 aliphatic rings. The van der Waals surface area contributed by atoms with Crippen LogP contribution in [0, 0.1) is 11.8 Å². The number of nitrogens with zero attached hydrogens (tertiary/aromatic N) is 1. The first-order valence-corrected chi connectivity index (χ1v) is 7.94. The molecule has 0 spiro atoms. The fourth-order valence-electron chi connectivity index (χ4n) is 3.20. The van der Waals surface area contributed by atoms with E-state index >= 15 is 0 Å². The summed E-state index contributed by atoms with van der Waals surface area (Å²) < 4.78 is 0. The van der Waals surface area contributed by atoms with Crippen LogP contribution in [0.4, 0.5) is 0 Å². The maximum Gasteiger partial charge on any atom is 0.0761 e. The monoisotopic (exact) mass is 280 g/mol. The number of hydrogen-bond donors (Lipinski definition) is 1.